The zero-order valence-electron chi connectivity index (χ0n) is 14.7. The summed E-state index contributed by atoms with van der Waals surface area (Å²) >= 11 is 0. The normalized spacial score (nSPS) is 10.1. The lowest BCUT2D eigenvalue weighted by Gasteiger charge is -2.10. The number of rotatable bonds is 6. The van der Waals surface area contributed by atoms with E-state index in [1.54, 1.807) is 42.6 Å². The zero-order chi connectivity index (χ0) is 19.1. The van der Waals surface area contributed by atoms with Gasteiger partial charge in [0, 0.05) is 12.4 Å². The number of ether oxygens (including phenoxy) is 1. The van der Waals surface area contributed by atoms with Crippen LogP contribution in [0.15, 0.2) is 67.0 Å². The summed E-state index contributed by atoms with van der Waals surface area (Å²) in [5.74, 6) is -0.175. The molecule has 0 bridgehead atoms. The summed E-state index contributed by atoms with van der Waals surface area (Å²) in [5, 5.41) is 5.85. The van der Waals surface area contributed by atoms with Gasteiger partial charge in [-0.2, -0.15) is 0 Å². The van der Waals surface area contributed by atoms with Gasteiger partial charge in [0.15, 0.2) is 0 Å². The van der Waals surface area contributed by atoms with Crippen LogP contribution in [0.3, 0.4) is 0 Å². The molecule has 2 N–H and O–H groups in total. The molecule has 136 valence electrons. The summed E-state index contributed by atoms with van der Waals surface area (Å²) in [5.41, 5.74) is 2.18. The van der Waals surface area contributed by atoms with E-state index in [1.807, 2.05) is 18.2 Å². The standard InChI is InChI=1S/C20H18N4O3/c1-27-20(26)16-7-2-3-8-17(16)24-18-10-9-14(12-22-18)19(25)23-13-15-6-4-5-11-21-15/h2-12H,13H2,1H3,(H,22,24)(H,23,25). The van der Waals surface area contributed by atoms with E-state index in [1.165, 1.54) is 13.3 Å². The molecular formula is C20H18N4O3. The molecule has 0 aliphatic carbocycles. The van der Waals surface area contributed by atoms with Crippen molar-refractivity contribution in [3.05, 3.63) is 83.8 Å². The number of methoxy groups -OCH3 is 1. The van der Waals surface area contributed by atoms with Gasteiger partial charge in [0.05, 0.1) is 36.2 Å². The van der Waals surface area contributed by atoms with Gasteiger partial charge in [-0.25, -0.2) is 9.78 Å². The molecule has 27 heavy (non-hydrogen) atoms. The average molecular weight is 362 g/mol. The average Bonchev–Trinajstić information content (AvgIpc) is 2.73. The van der Waals surface area contributed by atoms with Gasteiger partial charge in [0.25, 0.3) is 5.91 Å². The van der Waals surface area contributed by atoms with E-state index in [0.29, 0.717) is 29.2 Å². The second-order valence-corrected chi connectivity index (χ2v) is 5.60. The Morgan fingerprint density at radius 3 is 2.52 bits per heavy atom. The second-order valence-electron chi connectivity index (χ2n) is 5.60. The second kappa shape index (κ2) is 8.57. The summed E-state index contributed by atoms with van der Waals surface area (Å²) in [6.07, 6.45) is 3.15. The number of hydrogen-bond acceptors (Lipinski definition) is 6. The first-order valence-electron chi connectivity index (χ1n) is 8.26. The summed E-state index contributed by atoms with van der Waals surface area (Å²) in [4.78, 5) is 32.4. The number of nitrogens with zero attached hydrogens (tertiary/aromatic N) is 2. The number of aromatic nitrogens is 2. The highest BCUT2D eigenvalue weighted by atomic mass is 16.5. The maximum atomic E-state index is 12.2. The largest absolute Gasteiger partial charge is 0.465 e. The first kappa shape index (κ1) is 18.1. The van der Waals surface area contributed by atoms with Crippen molar-refractivity contribution in [3.63, 3.8) is 0 Å². The third-order valence-corrected chi connectivity index (χ3v) is 3.78. The summed E-state index contributed by atoms with van der Waals surface area (Å²) in [6, 6.07) is 15.8. The van der Waals surface area contributed by atoms with E-state index < -0.39 is 5.97 Å². The summed E-state index contributed by atoms with van der Waals surface area (Å²) in [6.45, 7) is 0.339. The number of hydrogen-bond donors (Lipinski definition) is 2. The van der Waals surface area contributed by atoms with Gasteiger partial charge in [-0.15, -0.1) is 0 Å². The van der Waals surface area contributed by atoms with Crippen molar-refractivity contribution in [3.8, 4) is 0 Å². The number of anilines is 2. The fraction of sp³-hybridized carbons (Fsp3) is 0.100. The van der Waals surface area contributed by atoms with Crippen molar-refractivity contribution in [2.24, 2.45) is 0 Å². The highest BCUT2D eigenvalue weighted by molar-refractivity contribution is 5.96. The molecule has 0 saturated heterocycles. The lowest BCUT2D eigenvalue weighted by molar-refractivity contribution is 0.0601. The molecule has 7 heteroatoms. The van der Waals surface area contributed by atoms with Gasteiger partial charge in [0.2, 0.25) is 0 Å². The summed E-state index contributed by atoms with van der Waals surface area (Å²) < 4.78 is 4.77. The third-order valence-electron chi connectivity index (χ3n) is 3.78. The zero-order valence-corrected chi connectivity index (χ0v) is 14.7. The molecule has 0 atom stereocenters. The molecule has 0 radical (unpaired) electrons. The van der Waals surface area contributed by atoms with E-state index in [0.717, 1.165) is 5.69 Å². The molecule has 1 aromatic carbocycles. The number of pyridine rings is 2. The Bertz CT molecular complexity index is 927. The first-order chi connectivity index (χ1) is 13.2. The number of carbonyl (C=O) groups excluding carboxylic acids is 2. The smallest absolute Gasteiger partial charge is 0.339 e. The molecular weight excluding hydrogens is 344 g/mol. The Hall–Kier alpha value is -3.74. The first-order valence-corrected chi connectivity index (χ1v) is 8.26. The van der Waals surface area contributed by atoms with E-state index in [-0.39, 0.29) is 5.91 Å². The van der Waals surface area contributed by atoms with Crippen molar-refractivity contribution in [2.75, 3.05) is 12.4 Å². The van der Waals surface area contributed by atoms with Crippen LogP contribution < -0.4 is 10.6 Å². The van der Waals surface area contributed by atoms with Crippen LogP contribution in [0.25, 0.3) is 0 Å². The van der Waals surface area contributed by atoms with Crippen LogP contribution in [0.5, 0.6) is 0 Å². The molecule has 1 amide bonds. The minimum Gasteiger partial charge on any atom is -0.465 e. The number of esters is 1. The number of para-hydroxylation sites is 1. The Labute approximate surface area is 156 Å². The lowest BCUT2D eigenvalue weighted by Crippen LogP contribution is -2.23. The minimum absolute atomic E-state index is 0.241. The van der Waals surface area contributed by atoms with E-state index in [4.69, 9.17) is 4.74 Å². The lowest BCUT2D eigenvalue weighted by atomic mass is 10.2. The van der Waals surface area contributed by atoms with E-state index >= 15 is 0 Å². The molecule has 0 unspecified atom stereocenters. The maximum Gasteiger partial charge on any atom is 0.339 e. The highest BCUT2D eigenvalue weighted by Gasteiger charge is 2.12. The van der Waals surface area contributed by atoms with Crippen LogP contribution in [0.2, 0.25) is 0 Å². The quantitative estimate of drug-likeness (QED) is 0.655. The van der Waals surface area contributed by atoms with Crippen molar-refractivity contribution in [1.29, 1.82) is 0 Å². The fourth-order valence-electron chi connectivity index (χ4n) is 2.40. The minimum atomic E-state index is -0.441. The van der Waals surface area contributed by atoms with Crippen LogP contribution in [-0.2, 0) is 11.3 Å². The van der Waals surface area contributed by atoms with Gasteiger partial charge in [0.1, 0.15) is 5.82 Å². The number of nitrogens with one attached hydrogen (secondary N) is 2. The molecule has 2 aromatic heterocycles. The number of benzene rings is 1. The van der Waals surface area contributed by atoms with Gasteiger partial charge in [-0.3, -0.25) is 9.78 Å². The van der Waals surface area contributed by atoms with Crippen LogP contribution in [0.1, 0.15) is 26.4 Å². The Balaban J connectivity index is 1.65. The van der Waals surface area contributed by atoms with E-state index in [2.05, 4.69) is 20.6 Å². The monoisotopic (exact) mass is 362 g/mol. The van der Waals surface area contributed by atoms with Crippen molar-refractivity contribution in [2.45, 2.75) is 6.54 Å². The van der Waals surface area contributed by atoms with Gasteiger partial charge in [-0.05, 0) is 36.4 Å². The molecule has 0 aliphatic rings. The Morgan fingerprint density at radius 1 is 1.00 bits per heavy atom. The molecule has 3 aromatic rings. The van der Waals surface area contributed by atoms with Crippen molar-refractivity contribution >= 4 is 23.4 Å². The Kier molecular flexibility index (Phi) is 5.73. The molecule has 2 heterocycles. The molecule has 0 spiro atoms. The number of amides is 1. The van der Waals surface area contributed by atoms with E-state index in [9.17, 15) is 9.59 Å². The van der Waals surface area contributed by atoms with Crippen LogP contribution in [-0.4, -0.2) is 29.0 Å². The molecule has 0 saturated carbocycles. The molecule has 0 aliphatic heterocycles. The number of carbonyl (C=O) groups is 2. The van der Waals surface area contributed by atoms with Crippen molar-refractivity contribution < 1.29 is 14.3 Å². The topological polar surface area (TPSA) is 93.2 Å². The summed E-state index contributed by atoms with van der Waals surface area (Å²) in [7, 11) is 1.33. The maximum absolute atomic E-state index is 12.2. The van der Waals surface area contributed by atoms with Crippen LogP contribution in [0.4, 0.5) is 11.5 Å². The molecule has 7 nitrogen and oxygen atoms in total. The van der Waals surface area contributed by atoms with Crippen LogP contribution in [0, 0.1) is 0 Å². The molecule has 3 rings (SSSR count). The Morgan fingerprint density at radius 2 is 1.81 bits per heavy atom. The van der Waals surface area contributed by atoms with Gasteiger partial charge < -0.3 is 15.4 Å². The van der Waals surface area contributed by atoms with Crippen LogP contribution >= 0.6 is 0 Å². The van der Waals surface area contributed by atoms with Crippen molar-refractivity contribution in [1.82, 2.24) is 15.3 Å². The fourth-order valence-corrected chi connectivity index (χ4v) is 2.40. The predicted octanol–water partition coefficient (Wildman–Crippen LogP) is 2.94. The predicted molar refractivity (Wildman–Crippen MR) is 101 cm³/mol. The van der Waals surface area contributed by atoms with Gasteiger partial charge >= 0.3 is 5.97 Å². The molecule has 0 fully saturated rings. The SMILES string of the molecule is COC(=O)c1ccccc1Nc1ccc(C(=O)NCc2ccccn2)cn1. The third kappa shape index (κ3) is 4.66. The highest BCUT2D eigenvalue weighted by Crippen LogP contribution is 2.20. The van der Waals surface area contributed by atoms with Gasteiger partial charge in [-0.1, -0.05) is 18.2 Å².